The van der Waals surface area contributed by atoms with Crippen LogP contribution in [-0.2, 0) is 16.8 Å². The maximum Gasteiger partial charge on any atom is 0.225 e. The fourth-order valence-corrected chi connectivity index (χ4v) is 2.57. The minimum absolute atomic E-state index is 0.0207. The third-order valence-corrected chi connectivity index (χ3v) is 4.08. The highest BCUT2D eigenvalue weighted by Gasteiger charge is 2.27. The van der Waals surface area contributed by atoms with E-state index in [1.807, 2.05) is 68.4 Å². The highest BCUT2D eigenvalue weighted by molar-refractivity contribution is 6.18. The van der Waals surface area contributed by atoms with E-state index in [1.54, 1.807) is 0 Å². The van der Waals surface area contributed by atoms with Gasteiger partial charge in [0.25, 0.3) is 0 Å². The number of carbonyl (C=O) groups excluding carboxylic acids is 1. The fraction of sp³-hybridized carbons (Fsp3) is 0.278. The minimum Gasteiger partial charge on any atom is -0.345 e. The van der Waals surface area contributed by atoms with Crippen molar-refractivity contribution in [2.75, 3.05) is 5.88 Å². The smallest absolute Gasteiger partial charge is 0.225 e. The van der Waals surface area contributed by atoms with Crippen molar-refractivity contribution >= 4 is 17.5 Å². The van der Waals surface area contributed by atoms with Crippen molar-refractivity contribution in [3.63, 3.8) is 0 Å². The van der Waals surface area contributed by atoms with E-state index in [-0.39, 0.29) is 5.91 Å². The number of amides is 1. The number of nitrogens with one attached hydrogen (secondary N) is 1. The molecule has 0 aliphatic heterocycles. The lowest BCUT2D eigenvalue weighted by Gasteiger charge is -2.29. The third-order valence-electron chi connectivity index (χ3n) is 3.54. The summed E-state index contributed by atoms with van der Waals surface area (Å²) in [5.41, 5.74) is 2.63. The normalized spacial score (nSPS) is 13.5. The second-order valence-corrected chi connectivity index (χ2v) is 5.81. The van der Waals surface area contributed by atoms with E-state index >= 15 is 0 Å². The van der Waals surface area contributed by atoms with Crippen LogP contribution in [0.5, 0.6) is 0 Å². The fourth-order valence-electron chi connectivity index (χ4n) is 2.35. The van der Waals surface area contributed by atoms with Crippen LogP contribution in [0.25, 0.3) is 0 Å². The van der Waals surface area contributed by atoms with Crippen LogP contribution in [0, 0.1) is 6.92 Å². The van der Waals surface area contributed by atoms with Crippen molar-refractivity contribution in [3.8, 4) is 0 Å². The van der Waals surface area contributed by atoms with Gasteiger partial charge in [-0.15, -0.1) is 11.6 Å². The number of carbonyl (C=O) groups is 1. The van der Waals surface area contributed by atoms with Gasteiger partial charge in [0.05, 0.1) is 12.0 Å². The average molecular weight is 302 g/mol. The van der Waals surface area contributed by atoms with E-state index in [0.29, 0.717) is 12.3 Å². The summed E-state index contributed by atoms with van der Waals surface area (Å²) in [5.74, 6) is 0.309. The Bertz CT molecular complexity index is 612. The first-order valence-corrected chi connectivity index (χ1v) is 7.55. The molecule has 1 unspecified atom stereocenters. The number of hydrogen-bond donors (Lipinski definition) is 1. The Morgan fingerprint density at radius 1 is 1.14 bits per heavy atom. The van der Waals surface area contributed by atoms with Crippen LogP contribution in [-0.4, -0.2) is 11.8 Å². The van der Waals surface area contributed by atoms with Gasteiger partial charge >= 0.3 is 0 Å². The summed E-state index contributed by atoms with van der Waals surface area (Å²) in [6.07, 6.45) is 0.362. The second kappa shape index (κ2) is 6.77. The summed E-state index contributed by atoms with van der Waals surface area (Å²) >= 11 is 6.10. The van der Waals surface area contributed by atoms with E-state index in [4.69, 9.17) is 11.6 Å². The average Bonchev–Trinajstić information content (AvgIpc) is 2.48. The SMILES string of the molecule is Cc1cccc(CC(=O)NC(C)(CCl)c2ccccc2)c1. The van der Waals surface area contributed by atoms with Crippen molar-refractivity contribution in [3.05, 3.63) is 71.3 Å². The first-order chi connectivity index (χ1) is 10.0. The number of halogens is 1. The molecule has 0 saturated carbocycles. The molecule has 2 rings (SSSR count). The summed E-state index contributed by atoms with van der Waals surface area (Å²) in [4.78, 5) is 12.3. The van der Waals surface area contributed by atoms with Gasteiger partial charge in [-0.05, 0) is 25.0 Å². The summed E-state index contributed by atoms with van der Waals surface area (Å²) in [7, 11) is 0. The van der Waals surface area contributed by atoms with E-state index in [2.05, 4.69) is 5.32 Å². The molecule has 0 aromatic heterocycles. The van der Waals surface area contributed by atoms with Crippen LogP contribution in [0.2, 0.25) is 0 Å². The summed E-state index contributed by atoms with van der Waals surface area (Å²) in [5, 5.41) is 3.06. The van der Waals surface area contributed by atoms with Crippen LogP contribution in [0.15, 0.2) is 54.6 Å². The largest absolute Gasteiger partial charge is 0.345 e. The van der Waals surface area contributed by atoms with Gasteiger partial charge in [-0.3, -0.25) is 4.79 Å². The summed E-state index contributed by atoms with van der Waals surface area (Å²) in [6.45, 7) is 3.97. The van der Waals surface area contributed by atoms with Crippen LogP contribution in [0.3, 0.4) is 0 Å². The third kappa shape index (κ3) is 4.08. The van der Waals surface area contributed by atoms with E-state index < -0.39 is 5.54 Å². The Kier molecular flexibility index (Phi) is 5.03. The molecular formula is C18H20ClNO. The lowest BCUT2D eigenvalue weighted by atomic mass is 9.93. The predicted molar refractivity (Wildman–Crippen MR) is 87.5 cm³/mol. The van der Waals surface area contributed by atoms with Gasteiger partial charge < -0.3 is 5.32 Å². The Balaban J connectivity index is 2.10. The van der Waals surface area contributed by atoms with Crippen molar-refractivity contribution in [1.29, 1.82) is 0 Å². The van der Waals surface area contributed by atoms with Gasteiger partial charge in [0, 0.05) is 5.88 Å². The van der Waals surface area contributed by atoms with Gasteiger partial charge in [-0.1, -0.05) is 60.2 Å². The number of benzene rings is 2. The van der Waals surface area contributed by atoms with Gasteiger partial charge in [-0.25, -0.2) is 0 Å². The Morgan fingerprint density at radius 3 is 2.48 bits per heavy atom. The zero-order valence-electron chi connectivity index (χ0n) is 12.4. The van der Waals surface area contributed by atoms with Crippen molar-refractivity contribution in [2.24, 2.45) is 0 Å². The molecule has 1 amide bonds. The highest BCUT2D eigenvalue weighted by atomic mass is 35.5. The zero-order valence-corrected chi connectivity index (χ0v) is 13.2. The lowest BCUT2D eigenvalue weighted by Crippen LogP contribution is -2.45. The molecule has 0 aliphatic carbocycles. The molecule has 3 heteroatoms. The molecule has 21 heavy (non-hydrogen) atoms. The molecular weight excluding hydrogens is 282 g/mol. The summed E-state index contributed by atoms with van der Waals surface area (Å²) < 4.78 is 0. The molecule has 0 aliphatic rings. The molecule has 0 heterocycles. The molecule has 2 aromatic rings. The highest BCUT2D eigenvalue weighted by Crippen LogP contribution is 2.22. The van der Waals surface area contributed by atoms with Crippen LogP contribution in [0.1, 0.15) is 23.6 Å². The first kappa shape index (κ1) is 15.6. The topological polar surface area (TPSA) is 29.1 Å². The molecule has 0 bridgehead atoms. The molecule has 2 aromatic carbocycles. The maximum absolute atomic E-state index is 12.3. The van der Waals surface area contributed by atoms with Gasteiger partial charge in [0.1, 0.15) is 0 Å². The minimum atomic E-state index is -0.552. The molecule has 0 saturated heterocycles. The molecule has 0 radical (unpaired) electrons. The second-order valence-electron chi connectivity index (χ2n) is 5.55. The molecule has 110 valence electrons. The zero-order chi connectivity index (χ0) is 15.3. The number of aryl methyl sites for hydroxylation is 1. The molecule has 1 N–H and O–H groups in total. The number of rotatable bonds is 5. The first-order valence-electron chi connectivity index (χ1n) is 7.01. The van der Waals surface area contributed by atoms with Crippen molar-refractivity contribution < 1.29 is 4.79 Å². The van der Waals surface area contributed by atoms with E-state index in [0.717, 1.165) is 16.7 Å². The predicted octanol–water partition coefficient (Wildman–Crippen LogP) is 3.81. The molecule has 0 spiro atoms. The van der Waals surface area contributed by atoms with Gasteiger partial charge in [-0.2, -0.15) is 0 Å². The summed E-state index contributed by atoms with van der Waals surface area (Å²) in [6, 6.07) is 17.8. The molecule has 2 nitrogen and oxygen atoms in total. The van der Waals surface area contributed by atoms with Gasteiger partial charge in [0.2, 0.25) is 5.91 Å². The van der Waals surface area contributed by atoms with E-state index in [9.17, 15) is 4.79 Å². The van der Waals surface area contributed by atoms with Crippen LogP contribution < -0.4 is 5.32 Å². The molecule has 0 fully saturated rings. The van der Waals surface area contributed by atoms with Crippen LogP contribution >= 0.6 is 11.6 Å². The monoisotopic (exact) mass is 301 g/mol. The number of hydrogen-bond acceptors (Lipinski definition) is 1. The Hall–Kier alpha value is -1.80. The molecule has 1 atom stereocenters. The quantitative estimate of drug-likeness (QED) is 0.836. The lowest BCUT2D eigenvalue weighted by molar-refractivity contribution is -0.122. The maximum atomic E-state index is 12.3. The van der Waals surface area contributed by atoms with E-state index in [1.165, 1.54) is 0 Å². The van der Waals surface area contributed by atoms with Gasteiger partial charge in [0.15, 0.2) is 0 Å². The Morgan fingerprint density at radius 2 is 1.86 bits per heavy atom. The number of alkyl halides is 1. The standard InChI is InChI=1S/C18H20ClNO/c1-14-7-6-8-15(11-14)12-17(21)20-18(2,13-19)16-9-4-3-5-10-16/h3-11H,12-13H2,1-2H3,(H,20,21). The Labute approximate surface area is 131 Å². The van der Waals surface area contributed by atoms with Crippen LogP contribution in [0.4, 0.5) is 0 Å². The van der Waals surface area contributed by atoms with Crippen molar-refractivity contribution in [1.82, 2.24) is 5.32 Å². The van der Waals surface area contributed by atoms with Crippen molar-refractivity contribution in [2.45, 2.75) is 25.8 Å².